The van der Waals surface area contributed by atoms with Crippen molar-refractivity contribution in [2.24, 2.45) is 0 Å². The van der Waals surface area contributed by atoms with Crippen LogP contribution in [0.4, 0.5) is 10.5 Å². The van der Waals surface area contributed by atoms with E-state index in [-0.39, 0.29) is 6.03 Å². The van der Waals surface area contributed by atoms with Crippen LogP contribution in [0, 0.1) is 0 Å². The molecule has 0 aliphatic heterocycles. The maximum atomic E-state index is 12.1. The number of aromatic nitrogens is 1. The summed E-state index contributed by atoms with van der Waals surface area (Å²) in [5.41, 5.74) is 1.44. The van der Waals surface area contributed by atoms with Crippen molar-refractivity contribution in [2.45, 2.75) is 6.54 Å². The van der Waals surface area contributed by atoms with Gasteiger partial charge in [-0.2, -0.15) is 0 Å². The number of hydrogen-bond acceptors (Lipinski definition) is 4. The highest BCUT2D eigenvalue weighted by molar-refractivity contribution is 6.31. The number of methoxy groups -OCH3 is 1. The van der Waals surface area contributed by atoms with Crippen molar-refractivity contribution in [1.29, 1.82) is 0 Å². The smallest absolute Gasteiger partial charge is 0.319 e. The number of hydrogen-bond donors (Lipinski definition) is 2. The Labute approximate surface area is 162 Å². The van der Waals surface area contributed by atoms with Gasteiger partial charge in [0.15, 0.2) is 0 Å². The third kappa shape index (κ3) is 5.36. The Kier molecular flexibility index (Phi) is 6.12. The number of benzene rings is 2. The summed E-state index contributed by atoms with van der Waals surface area (Å²) in [6.07, 6.45) is 3.34. The van der Waals surface area contributed by atoms with Crippen molar-refractivity contribution in [2.75, 3.05) is 12.4 Å². The number of rotatable bonds is 6. The van der Waals surface area contributed by atoms with Gasteiger partial charge in [0.1, 0.15) is 17.2 Å². The molecule has 0 unspecified atom stereocenters. The van der Waals surface area contributed by atoms with Gasteiger partial charge in [-0.25, -0.2) is 4.79 Å². The first-order valence-corrected chi connectivity index (χ1v) is 8.57. The first-order valence-electron chi connectivity index (χ1n) is 8.19. The molecule has 2 N–H and O–H groups in total. The molecule has 7 heteroatoms. The summed E-state index contributed by atoms with van der Waals surface area (Å²) in [7, 11) is 1.53. The molecule has 3 aromatic rings. The Hall–Kier alpha value is -3.25. The van der Waals surface area contributed by atoms with E-state index in [0.29, 0.717) is 34.5 Å². The fraction of sp³-hybridized carbons (Fsp3) is 0.100. The normalized spacial score (nSPS) is 10.1. The zero-order valence-corrected chi connectivity index (χ0v) is 15.4. The van der Waals surface area contributed by atoms with E-state index in [1.54, 1.807) is 42.7 Å². The lowest BCUT2D eigenvalue weighted by atomic mass is 10.2. The summed E-state index contributed by atoms with van der Waals surface area (Å²) in [4.78, 5) is 16.1. The minimum absolute atomic E-state index is 0.354. The molecule has 2 amide bonds. The average Bonchev–Trinajstić information content (AvgIpc) is 2.68. The summed E-state index contributed by atoms with van der Waals surface area (Å²) >= 11 is 5.96. The Bertz CT molecular complexity index is 902. The molecule has 0 bridgehead atoms. The largest absolute Gasteiger partial charge is 0.495 e. The Morgan fingerprint density at radius 3 is 2.44 bits per heavy atom. The number of carbonyl (C=O) groups excluding carboxylic acids is 1. The Morgan fingerprint density at radius 1 is 1.04 bits per heavy atom. The number of anilines is 1. The molecule has 0 aliphatic carbocycles. The van der Waals surface area contributed by atoms with Crippen molar-refractivity contribution < 1.29 is 14.3 Å². The van der Waals surface area contributed by atoms with Crippen LogP contribution in [0.2, 0.25) is 5.02 Å². The second-order valence-electron chi connectivity index (χ2n) is 5.58. The summed E-state index contributed by atoms with van der Waals surface area (Å²) < 4.78 is 10.9. The van der Waals surface area contributed by atoms with Gasteiger partial charge in [0.05, 0.1) is 12.8 Å². The molecule has 0 atom stereocenters. The van der Waals surface area contributed by atoms with Gasteiger partial charge < -0.3 is 20.1 Å². The van der Waals surface area contributed by atoms with Crippen LogP contribution in [0.1, 0.15) is 5.56 Å². The van der Waals surface area contributed by atoms with Crippen LogP contribution in [-0.4, -0.2) is 18.1 Å². The summed E-state index contributed by atoms with van der Waals surface area (Å²) in [5, 5.41) is 6.03. The predicted molar refractivity (Wildman–Crippen MR) is 105 cm³/mol. The molecule has 0 saturated carbocycles. The SMILES string of the molecule is COc1ccc(Cl)cc1NC(=O)NCc1ccc(Oc2ccncc2)cc1. The molecular formula is C20H18ClN3O3. The van der Waals surface area contributed by atoms with Gasteiger partial charge in [-0.3, -0.25) is 4.98 Å². The minimum Gasteiger partial charge on any atom is -0.495 e. The number of pyridine rings is 1. The van der Waals surface area contributed by atoms with Gasteiger partial charge in [0, 0.05) is 24.0 Å². The fourth-order valence-corrected chi connectivity index (χ4v) is 2.52. The molecule has 2 aromatic carbocycles. The Morgan fingerprint density at radius 2 is 1.74 bits per heavy atom. The second-order valence-corrected chi connectivity index (χ2v) is 6.02. The lowest BCUT2D eigenvalue weighted by Crippen LogP contribution is -2.28. The first kappa shape index (κ1) is 18.5. The molecule has 0 saturated heterocycles. The van der Waals surface area contributed by atoms with Crippen molar-refractivity contribution in [3.8, 4) is 17.2 Å². The number of amides is 2. The zero-order chi connectivity index (χ0) is 19.1. The molecule has 138 valence electrons. The van der Waals surface area contributed by atoms with E-state index in [4.69, 9.17) is 21.1 Å². The highest BCUT2D eigenvalue weighted by atomic mass is 35.5. The van der Waals surface area contributed by atoms with Crippen LogP contribution in [0.5, 0.6) is 17.2 Å². The number of nitrogens with zero attached hydrogens (tertiary/aromatic N) is 1. The number of halogens is 1. The first-order chi connectivity index (χ1) is 13.1. The highest BCUT2D eigenvalue weighted by Crippen LogP contribution is 2.27. The number of urea groups is 1. The van der Waals surface area contributed by atoms with Gasteiger partial charge in [0.25, 0.3) is 0 Å². The van der Waals surface area contributed by atoms with Crippen molar-refractivity contribution >= 4 is 23.3 Å². The van der Waals surface area contributed by atoms with Crippen molar-refractivity contribution in [3.05, 3.63) is 77.6 Å². The molecule has 1 aromatic heterocycles. The fourth-order valence-electron chi connectivity index (χ4n) is 2.34. The standard InChI is InChI=1S/C20H18ClN3O3/c1-26-19-7-4-15(21)12-18(19)24-20(25)23-13-14-2-5-16(6-3-14)27-17-8-10-22-11-9-17/h2-12H,13H2,1H3,(H2,23,24,25). The van der Waals surface area contributed by atoms with Gasteiger partial charge >= 0.3 is 6.03 Å². The highest BCUT2D eigenvalue weighted by Gasteiger charge is 2.08. The number of ether oxygens (including phenoxy) is 2. The van der Waals surface area contributed by atoms with Gasteiger partial charge in [-0.05, 0) is 48.0 Å². The van der Waals surface area contributed by atoms with E-state index in [0.717, 1.165) is 5.56 Å². The van der Waals surface area contributed by atoms with Crippen LogP contribution < -0.4 is 20.1 Å². The van der Waals surface area contributed by atoms with E-state index in [1.165, 1.54) is 7.11 Å². The van der Waals surface area contributed by atoms with Crippen molar-refractivity contribution in [1.82, 2.24) is 10.3 Å². The van der Waals surface area contributed by atoms with Gasteiger partial charge in [-0.1, -0.05) is 23.7 Å². The maximum absolute atomic E-state index is 12.1. The average molecular weight is 384 g/mol. The van der Waals surface area contributed by atoms with Crippen molar-refractivity contribution in [3.63, 3.8) is 0 Å². The van der Waals surface area contributed by atoms with Crippen LogP contribution >= 0.6 is 11.6 Å². The van der Waals surface area contributed by atoms with E-state index in [1.807, 2.05) is 24.3 Å². The Balaban J connectivity index is 1.54. The van der Waals surface area contributed by atoms with Crippen LogP contribution in [-0.2, 0) is 6.54 Å². The van der Waals surface area contributed by atoms with E-state index in [2.05, 4.69) is 15.6 Å². The quantitative estimate of drug-likeness (QED) is 0.637. The number of carbonyl (C=O) groups is 1. The second kappa shape index (κ2) is 8.91. The summed E-state index contributed by atoms with van der Waals surface area (Å²) in [5.74, 6) is 1.95. The lowest BCUT2D eigenvalue weighted by Gasteiger charge is -2.12. The lowest BCUT2D eigenvalue weighted by molar-refractivity contribution is 0.251. The predicted octanol–water partition coefficient (Wildman–Crippen LogP) is 4.86. The molecule has 0 aliphatic rings. The molecule has 27 heavy (non-hydrogen) atoms. The topological polar surface area (TPSA) is 72.5 Å². The third-order valence-electron chi connectivity index (χ3n) is 3.67. The molecular weight excluding hydrogens is 366 g/mol. The maximum Gasteiger partial charge on any atom is 0.319 e. The summed E-state index contributed by atoms with van der Waals surface area (Å²) in [6.45, 7) is 0.365. The summed E-state index contributed by atoms with van der Waals surface area (Å²) in [6, 6.07) is 15.7. The minimum atomic E-state index is -0.354. The van der Waals surface area contributed by atoms with Gasteiger partial charge in [0.2, 0.25) is 0 Å². The van der Waals surface area contributed by atoms with Gasteiger partial charge in [-0.15, -0.1) is 0 Å². The zero-order valence-electron chi connectivity index (χ0n) is 14.6. The molecule has 1 heterocycles. The number of nitrogens with one attached hydrogen (secondary N) is 2. The van der Waals surface area contributed by atoms with E-state index >= 15 is 0 Å². The van der Waals surface area contributed by atoms with E-state index in [9.17, 15) is 4.79 Å². The molecule has 3 rings (SSSR count). The van der Waals surface area contributed by atoms with Crippen LogP contribution in [0.15, 0.2) is 67.0 Å². The van der Waals surface area contributed by atoms with Crippen LogP contribution in [0.25, 0.3) is 0 Å². The van der Waals surface area contributed by atoms with Crippen LogP contribution in [0.3, 0.4) is 0 Å². The molecule has 0 radical (unpaired) electrons. The molecule has 0 spiro atoms. The van der Waals surface area contributed by atoms with E-state index < -0.39 is 0 Å². The molecule has 0 fully saturated rings. The monoisotopic (exact) mass is 383 g/mol. The third-order valence-corrected chi connectivity index (χ3v) is 3.91. The molecule has 6 nitrogen and oxygen atoms in total.